The highest BCUT2D eigenvalue weighted by atomic mass is 35.5. The normalized spacial score (nSPS) is 11.6. The highest BCUT2D eigenvalue weighted by molar-refractivity contribution is 5.85. The molecule has 0 heterocycles. The summed E-state index contributed by atoms with van der Waals surface area (Å²) >= 11 is 0. The van der Waals surface area contributed by atoms with Crippen molar-refractivity contribution < 1.29 is 9.47 Å². The first kappa shape index (κ1) is 18.1. The summed E-state index contributed by atoms with van der Waals surface area (Å²) in [7, 11) is 0. The summed E-state index contributed by atoms with van der Waals surface area (Å²) in [6.07, 6.45) is 1.13. The van der Waals surface area contributed by atoms with Gasteiger partial charge >= 0.3 is 0 Å². The van der Waals surface area contributed by atoms with Crippen LogP contribution in [-0.2, 0) is 6.54 Å². The fourth-order valence-electron chi connectivity index (χ4n) is 1.64. The number of hydrogen-bond acceptors (Lipinski definition) is 3. The van der Waals surface area contributed by atoms with Crippen LogP contribution >= 0.6 is 12.4 Å². The maximum absolute atomic E-state index is 5.61. The van der Waals surface area contributed by atoms with Crippen molar-refractivity contribution in [2.75, 3.05) is 13.2 Å². The number of ether oxygens (including phenoxy) is 2. The maximum Gasteiger partial charge on any atom is 0.161 e. The Kier molecular flexibility index (Phi) is 9.44. The van der Waals surface area contributed by atoms with Gasteiger partial charge in [-0.1, -0.05) is 13.0 Å². The van der Waals surface area contributed by atoms with Crippen LogP contribution in [0.15, 0.2) is 18.2 Å². The standard InChI is InChI=1S/C15H25NO2.ClH/c1-5-12(4)16-11-13-8-9-14(17-6-2)15(10-13)18-7-3;/h8-10,12,16H,5-7,11H2,1-4H3;1H. The molecule has 0 bridgehead atoms. The van der Waals surface area contributed by atoms with E-state index in [9.17, 15) is 0 Å². The summed E-state index contributed by atoms with van der Waals surface area (Å²) in [6, 6.07) is 6.67. The van der Waals surface area contributed by atoms with E-state index in [-0.39, 0.29) is 12.4 Å². The minimum Gasteiger partial charge on any atom is -0.490 e. The second-order valence-electron chi connectivity index (χ2n) is 4.34. The molecule has 0 saturated heterocycles. The Morgan fingerprint density at radius 3 is 2.26 bits per heavy atom. The SMILES string of the molecule is CCOc1ccc(CNC(C)CC)cc1OCC.Cl. The minimum absolute atomic E-state index is 0. The first-order valence-electron chi connectivity index (χ1n) is 6.83. The average Bonchev–Trinajstić information content (AvgIpc) is 2.39. The van der Waals surface area contributed by atoms with Gasteiger partial charge in [-0.15, -0.1) is 12.4 Å². The first-order valence-corrected chi connectivity index (χ1v) is 6.83. The van der Waals surface area contributed by atoms with E-state index in [1.54, 1.807) is 0 Å². The molecule has 19 heavy (non-hydrogen) atoms. The number of benzene rings is 1. The third kappa shape index (κ3) is 6.17. The summed E-state index contributed by atoms with van der Waals surface area (Å²) in [5.41, 5.74) is 1.22. The minimum atomic E-state index is 0. The number of nitrogens with one attached hydrogen (secondary N) is 1. The Morgan fingerprint density at radius 1 is 1.05 bits per heavy atom. The zero-order chi connectivity index (χ0) is 13.4. The largest absolute Gasteiger partial charge is 0.490 e. The van der Waals surface area contributed by atoms with Gasteiger partial charge < -0.3 is 14.8 Å². The summed E-state index contributed by atoms with van der Waals surface area (Å²) in [5, 5.41) is 3.47. The summed E-state index contributed by atoms with van der Waals surface area (Å²) in [6.45, 7) is 10.5. The molecule has 0 amide bonds. The molecule has 1 aromatic rings. The van der Waals surface area contributed by atoms with Gasteiger partial charge in [0.1, 0.15) is 0 Å². The smallest absolute Gasteiger partial charge is 0.161 e. The fraction of sp³-hybridized carbons (Fsp3) is 0.600. The van der Waals surface area contributed by atoms with Gasteiger partial charge in [0.05, 0.1) is 13.2 Å². The predicted molar refractivity (Wildman–Crippen MR) is 82.6 cm³/mol. The molecule has 110 valence electrons. The molecular formula is C15H26ClNO2. The zero-order valence-electron chi connectivity index (χ0n) is 12.4. The van der Waals surface area contributed by atoms with Crippen LogP contribution in [0.3, 0.4) is 0 Å². The quantitative estimate of drug-likeness (QED) is 0.789. The summed E-state index contributed by atoms with van der Waals surface area (Å²) in [4.78, 5) is 0. The van der Waals surface area contributed by atoms with E-state index in [1.165, 1.54) is 5.56 Å². The third-order valence-electron chi connectivity index (χ3n) is 2.87. The van der Waals surface area contributed by atoms with Crippen molar-refractivity contribution in [1.29, 1.82) is 0 Å². The van der Waals surface area contributed by atoms with Crippen LogP contribution in [0.2, 0.25) is 0 Å². The molecule has 1 unspecified atom stereocenters. The maximum atomic E-state index is 5.61. The number of hydrogen-bond donors (Lipinski definition) is 1. The van der Waals surface area contributed by atoms with Crippen molar-refractivity contribution in [3.63, 3.8) is 0 Å². The van der Waals surface area contributed by atoms with Crippen molar-refractivity contribution in [3.05, 3.63) is 23.8 Å². The van der Waals surface area contributed by atoms with Gasteiger partial charge in [0.2, 0.25) is 0 Å². The Hall–Kier alpha value is -0.930. The highest BCUT2D eigenvalue weighted by Gasteiger charge is 2.06. The number of halogens is 1. The van der Waals surface area contributed by atoms with Gasteiger partial charge in [0.25, 0.3) is 0 Å². The van der Waals surface area contributed by atoms with Crippen LogP contribution in [0.1, 0.15) is 39.7 Å². The van der Waals surface area contributed by atoms with Crippen LogP contribution < -0.4 is 14.8 Å². The van der Waals surface area contributed by atoms with Crippen LogP contribution in [0.25, 0.3) is 0 Å². The van der Waals surface area contributed by atoms with E-state index in [4.69, 9.17) is 9.47 Å². The molecule has 0 fully saturated rings. The molecule has 1 aromatic carbocycles. The van der Waals surface area contributed by atoms with Crippen LogP contribution in [-0.4, -0.2) is 19.3 Å². The van der Waals surface area contributed by atoms with Crippen LogP contribution in [0, 0.1) is 0 Å². The average molecular weight is 288 g/mol. The van der Waals surface area contributed by atoms with Crippen molar-refractivity contribution in [2.24, 2.45) is 0 Å². The molecule has 0 aliphatic heterocycles. The molecule has 0 spiro atoms. The van der Waals surface area contributed by atoms with Gasteiger partial charge in [0, 0.05) is 12.6 Å². The Bertz CT molecular complexity index is 358. The van der Waals surface area contributed by atoms with E-state index in [0.29, 0.717) is 19.3 Å². The monoisotopic (exact) mass is 287 g/mol. The second kappa shape index (κ2) is 9.93. The third-order valence-corrected chi connectivity index (χ3v) is 2.87. The Balaban J connectivity index is 0.00000324. The molecule has 0 radical (unpaired) electrons. The van der Waals surface area contributed by atoms with Gasteiger partial charge in [-0.05, 0) is 44.9 Å². The van der Waals surface area contributed by atoms with Crippen molar-refractivity contribution in [2.45, 2.75) is 46.7 Å². The predicted octanol–water partition coefficient (Wildman–Crippen LogP) is 3.79. The Labute approximate surface area is 123 Å². The molecule has 1 N–H and O–H groups in total. The molecule has 0 aliphatic carbocycles. The molecular weight excluding hydrogens is 262 g/mol. The van der Waals surface area contributed by atoms with E-state index in [2.05, 4.69) is 31.3 Å². The highest BCUT2D eigenvalue weighted by Crippen LogP contribution is 2.28. The molecule has 0 aromatic heterocycles. The van der Waals surface area contributed by atoms with Gasteiger partial charge in [-0.25, -0.2) is 0 Å². The van der Waals surface area contributed by atoms with Crippen molar-refractivity contribution in [1.82, 2.24) is 5.32 Å². The van der Waals surface area contributed by atoms with Gasteiger partial charge in [0.15, 0.2) is 11.5 Å². The van der Waals surface area contributed by atoms with Gasteiger partial charge in [-0.2, -0.15) is 0 Å². The van der Waals surface area contributed by atoms with Crippen molar-refractivity contribution >= 4 is 12.4 Å². The zero-order valence-corrected chi connectivity index (χ0v) is 13.2. The van der Waals surface area contributed by atoms with Crippen LogP contribution in [0.4, 0.5) is 0 Å². The van der Waals surface area contributed by atoms with Crippen molar-refractivity contribution in [3.8, 4) is 11.5 Å². The van der Waals surface area contributed by atoms with E-state index in [1.807, 2.05) is 19.9 Å². The first-order chi connectivity index (χ1) is 8.71. The lowest BCUT2D eigenvalue weighted by Crippen LogP contribution is -2.24. The van der Waals surface area contributed by atoms with E-state index < -0.39 is 0 Å². The molecule has 1 atom stereocenters. The van der Waals surface area contributed by atoms with E-state index in [0.717, 1.165) is 24.5 Å². The molecule has 0 aliphatic rings. The molecule has 4 heteroatoms. The summed E-state index contributed by atoms with van der Waals surface area (Å²) < 4.78 is 11.2. The summed E-state index contributed by atoms with van der Waals surface area (Å²) in [5.74, 6) is 1.66. The topological polar surface area (TPSA) is 30.5 Å². The van der Waals surface area contributed by atoms with Crippen LogP contribution in [0.5, 0.6) is 11.5 Å². The fourth-order valence-corrected chi connectivity index (χ4v) is 1.64. The Morgan fingerprint density at radius 2 is 1.68 bits per heavy atom. The lowest BCUT2D eigenvalue weighted by atomic mass is 10.1. The number of rotatable bonds is 8. The lowest BCUT2D eigenvalue weighted by Gasteiger charge is -2.14. The lowest BCUT2D eigenvalue weighted by molar-refractivity contribution is 0.287. The van der Waals surface area contributed by atoms with E-state index >= 15 is 0 Å². The molecule has 0 saturated carbocycles. The molecule has 1 rings (SSSR count). The van der Waals surface area contributed by atoms with Gasteiger partial charge in [-0.3, -0.25) is 0 Å². The second-order valence-corrected chi connectivity index (χ2v) is 4.34. The molecule has 3 nitrogen and oxygen atoms in total.